The number of hydrogen-bond donors (Lipinski definition) is 2. The Bertz CT molecular complexity index is 557. The van der Waals surface area contributed by atoms with Crippen LogP contribution in [0.15, 0.2) is 24.3 Å². The van der Waals surface area contributed by atoms with Crippen LogP contribution in [-0.4, -0.2) is 36.0 Å². The van der Waals surface area contributed by atoms with E-state index < -0.39 is 0 Å². The summed E-state index contributed by atoms with van der Waals surface area (Å²) in [5.41, 5.74) is 1.81. The summed E-state index contributed by atoms with van der Waals surface area (Å²) in [5.74, 6) is 0.516. The van der Waals surface area contributed by atoms with Crippen LogP contribution in [0.25, 0.3) is 0 Å². The van der Waals surface area contributed by atoms with Gasteiger partial charge in [0.05, 0.1) is 0 Å². The molecule has 5 heteroatoms. The number of para-hydroxylation sites is 1. The molecule has 0 saturated carbocycles. The molecule has 0 aliphatic carbocycles. The number of anilines is 1. The molecule has 1 saturated heterocycles. The van der Waals surface area contributed by atoms with E-state index in [2.05, 4.69) is 24.5 Å². The first-order valence-electron chi connectivity index (χ1n) is 8.40. The predicted octanol–water partition coefficient (Wildman–Crippen LogP) is 3.15. The Labute approximate surface area is 138 Å². The Morgan fingerprint density at radius 3 is 2.74 bits per heavy atom. The lowest BCUT2D eigenvalue weighted by atomic mass is 10.1. The predicted molar refractivity (Wildman–Crippen MR) is 92.4 cm³/mol. The first-order chi connectivity index (χ1) is 11.0. The van der Waals surface area contributed by atoms with Crippen LogP contribution in [0.5, 0.6) is 0 Å². The second-order valence-corrected chi connectivity index (χ2v) is 6.57. The van der Waals surface area contributed by atoms with Gasteiger partial charge in [-0.2, -0.15) is 0 Å². The molecule has 0 radical (unpaired) electrons. The zero-order valence-electron chi connectivity index (χ0n) is 14.3. The van der Waals surface area contributed by atoms with E-state index in [1.807, 2.05) is 31.2 Å². The van der Waals surface area contributed by atoms with Gasteiger partial charge in [-0.05, 0) is 43.7 Å². The Morgan fingerprint density at radius 2 is 2.04 bits per heavy atom. The number of carbonyl (C=O) groups is 2. The van der Waals surface area contributed by atoms with Crippen molar-refractivity contribution in [2.24, 2.45) is 5.92 Å². The SMILES string of the molecule is Cc1ccccc1NC(=O)N1CCCC1C(=O)NCCC(C)C. The summed E-state index contributed by atoms with van der Waals surface area (Å²) in [4.78, 5) is 26.5. The third-order valence-corrected chi connectivity index (χ3v) is 4.22. The van der Waals surface area contributed by atoms with Gasteiger partial charge in [-0.25, -0.2) is 4.79 Å². The molecule has 0 spiro atoms. The van der Waals surface area contributed by atoms with Crippen LogP contribution in [0, 0.1) is 12.8 Å². The maximum Gasteiger partial charge on any atom is 0.322 e. The number of urea groups is 1. The molecular formula is C18H27N3O2. The zero-order valence-corrected chi connectivity index (χ0v) is 14.3. The first kappa shape index (κ1) is 17.3. The topological polar surface area (TPSA) is 61.4 Å². The number of nitrogens with one attached hydrogen (secondary N) is 2. The minimum absolute atomic E-state index is 0.0388. The van der Waals surface area contributed by atoms with Crippen molar-refractivity contribution in [2.45, 2.75) is 46.1 Å². The highest BCUT2D eigenvalue weighted by molar-refractivity contribution is 5.94. The van der Waals surface area contributed by atoms with Gasteiger partial charge in [0, 0.05) is 18.8 Å². The van der Waals surface area contributed by atoms with Crippen LogP contribution in [-0.2, 0) is 4.79 Å². The van der Waals surface area contributed by atoms with E-state index in [1.165, 1.54) is 0 Å². The van der Waals surface area contributed by atoms with E-state index in [9.17, 15) is 9.59 Å². The lowest BCUT2D eigenvalue weighted by Crippen LogP contribution is -2.47. The van der Waals surface area contributed by atoms with Gasteiger partial charge in [-0.15, -0.1) is 0 Å². The molecule has 1 unspecified atom stereocenters. The van der Waals surface area contributed by atoms with E-state index in [-0.39, 0.29) is 18.0 Å². The van der Waals surface area contributed by atoms with Gasteiger partial charge < -0.3 is 15.5 Å². The van der Waals surface area contributed by atoms with Gasteiger partial charge in [-0.3, -0.25) is 4.79 Å². The number of likely N-dealkylation sites (tertiary alicyclic amines) is 1. The fourth-order valence-corrected chi connectivity index (χ4v) is 2.78. The highest BCUT2D eigenvalue weighted by Gasteiger charge is 2.34. The fourth-order valence-electron chi connectivity index (χ4n) is 2.78. The number of amides is 3. The van der Waals surface area contributed by atoms with Crippen molar-refractivity contribution >= 4 is 17.6 Å². The molecule has 2 rings (SSSR count). The summed E-state index contributed by atoms with van der Waals surface area (Å²) >= 11 is 0. The number of hydrogen-bond acceptors (Lipinski definition) is 2. The largest absolute Gasteiger partial charge is 0.354 e. The number of aryl methyl sites for hydroxylation is 1. The Hall–Kier alpha value is -2.04. The molecule has 1 aliphatic heterocycles. The Balaban J connectivity index is 1.94. The van der Waals surface area contributed by atoms with E-state index in [0.717, 1.165) is 30.5 Å². The summed E-state index contributed by atoms with van der Waals surface area (Å²) in [7, 11) is 0. The summed E-state index contributed by atoms with van der Waals surface area (Å²) in [6.07, 6.45) is 2.55. The molecule has 1 aliphatic rings. The lowest BCUT2D eigenvalue weighted by molar-refractivity contribution is -0.124. The van der Waals surface area contributed by atoms with Gasteiger partial charge in [0.2, 0.25) is 5.91 Å². The van der Waals surface area contributed by atoms with Gasteiger partial charge in [0.15, 0.2) is 0 Å². The van der Waals surface area contributed by atoms with E-state index >= 15 is 0 Å². The van der Waals surface area contributed by atoms with Crippen molar-refractivity contribution < 1.29 is 9.59 Å². The van der Waals surface area contributed by atoms with E-state index in [1.54, 1.807) is 4.90 Å². The van der Waals surface area contributed by atoms with Crippen LogP contribution in [0.4, 0.5) is 10.5 Å². The molecule has 1 heterocycles. The summed E-state index contributed by atoms with van der Waals surface area (Å²) in [6, 6.07) is 7.11. The molecule has 1 fully saturated rings. The van der Waals surface area contributed by atoms with Crippen molar-refractivity contribution in [1.29, 1.82) is 0 Å². The highest BCUT2D eigenvalue weighted by Crippen LogP contribution is 2.20. The van der Waals surface area contributed by atoms with Crippen LogP contribution in [0.1, 0.15) is 38.7 Å². The average Bonchev–Trinajstić information content (AvgIpc) is 2.98. The molecule has 0 bridgehead atoms. The van der Waals surface area contributed by atoms with Gasteiger partial charge in [-0.1, -0.05) is 32.0 Å². The van der Waals surface area contributed by atoms with Gasteiger partial charge >= 0.3 is 6.03 Å². The molecule has 2 N–H and O–H groups in total. The number of benzene rings is 1. The second kappa shape index (κ2) is 7.99. The quantitative estimate of drug-likeness (QED) is 0.876. The summed E-state index contributed by atoms with van der Waals surface area (Å²) in [6.45, 7) is 7.50. The maximum atomic E-state index is 12.5. The van der Waals surface area contributed by atoms with Crippen molar-refractivity contribution in [1.82, 2.24) is 10.2 Å². The van der Waals surface area contributed by atoms with Crippen molar-refractivity contribution in [3.05, 3.63) is 29.8 Å². The minimum atomic E-state index is -0.355. The third kappa shape index (κ3) is 4.71. The molecule has 0 aromatic heterocycles. The van der Waals surface area contributed by atoms with Crippen molar-refractivity contribution in [3.63, 3.8) is 0 Å². The number of nitrogens with zero attached hydrogens (tertiary/aromatic N) is 1. The molecule has 1 aromatic rings. The normalized spacial score (nSPS) is 17.4. The van der Waals surface area contributed by atoms with Crippen LogP contribution in [0.2, 0.25) is 0 Å². The van der Waals surface area contributed by atoms with Crippen LogP contribution >= 0.6 is 0 Å². The highest BCUT2D eigenvalue weighted by atomic mass is 16.2. The van der Waals surface area contributed by atoms with Gasteiger partial charge in [0.25, 0.3) is 0 Å². The van der Waals surface area contributed by atoms with E-state index in [4.69, 9.17) is 0 Å². The van der Waals surface area contributed by atoms with Crippen molar-refractivity contribution in [3.8, 4) is 0 Å². The zero-order chi connectivity index (χ0) is 16.8. The molecule has 5 nitrogen and oxygen atoms in total. The lowest BCUT2D eigenvalue weighted by Gasteiger charge is -2.24. The molecule has 23 heavy (non-hydrogen) atoms. The number of rotatable bonds is 5. The first-order valence-corrected chi connectivity index (χ1v) is 8.40. The summed E-state index contributed by atoms with van der Waals surface area (Å²) in [5, 5.41) is 5.87. The smallest absolute Gasteiger partial charge is 0.322 e. The molecule has 126 valence electrons. The Morgan fingerprint density at radius 1 is 1.30 bits per heavy atom. The summed E-state index contributed by atoms with van der Waals surface area (Å²) < 4.78 is 0. The average molecular weight is 317 g/mol. The van der Waals surface area contributed by atoms with Crippen LogP contribution in [0.3, 0.4) is 0 Å². The maximum absolute atomic E-state index is 12.5. The monoisotopic (exact) mass is 317 g/mol. The molecule has 1 aromatic carbocycles. The van der Waals surface area contributed by atoms with Gasteiger partial charge in [0.1, 0.15) is 6.04 Å². The van der Waals surface area contributed by atoms with Crippen LogP contribution < -0.4 is 10.6 Å². The third-order valence-electron chi connectivity index (χ3n) is 4.22. The molecule has 3 amide bonds. The van der Waals surface area contributed by atoms with E-state index in [0.29, 0.717) is 19.0 Å². The Kier molecular flexibility index (Phi) is 6.02. The fraction of sp³-hybridized carbons (Fsp3) is 0.556. The molecule has 1 atom stereocenters. The minimum Gasteiger partial charge on any atom is -0.354 e. The molecular weight excluding hydrogens is 290 g/mol. The standard InChI is InChI=1S/C18H27N3O2/c1-13(2)10-11-19-17(22)16-9-6-12-21(16)18(23)20-15-8-5-4-7-14(15)3/h4-5,7-8,13,16H,6,9-12H2,1-3H3,(H,19,22)(H,20,23). The van der Waals surface area contributed by atoms with Crippen molar-refractivity contribution in [2.75, 3.05) is 18.4 Å². The number of carbonyl (C=O) groups excluding carboxylic acids is 2. The second-order valence-electron chi connectivity index (χ2n) is 6.57.